The van der Waals surface area contributed by atoms with E-state index in [4.69, 9.17) is 19.7 Å². The number of aromatic nitrogens is 1. The van der Waals surface area contributed by atoms with Gasteiger partial charge in [-0.25, -0.2) is 0 Å². The molecule has 106 valence electrons. The Morgan fingerprint density at radius 3 is 2.86 bits per heavy atom. The van der Waals surface area contributed by atoms with Gasteiger partial charge in [0, 0.05) is 4.47 Å². The molecule has 1 aromatic carbocycles. The van der Waals surface area contributed by atoms with Crippen LogP contribution in [0.4, 0.5) is 5.82 Å². The standard InChI is InChI=1S/C14H9BrN2O3S/c15-8-3-4-21-13(8)12-11(14(16)17-20-12)7-1-2-9-10(5-7)19-6-18-9/h1-5H,6H2,(H2,16,17). The summed E-state index contributed by atoms with van der Waals surface area (Å²) in [4.78, 5) is 0.951. The van der Waals surface area contributed by atoms with Gasteiger partial charge >= 0.3 is 0 Å². The molecule has 0 fully saturated rings. The van der Waals surface area contributed by atoms with E-state index < -0.39 is 0 Å². The first kappa shape index (κ1) is 12.7. The number of halogens is 1. The molecular weight excluding hydrogens is 356 g/mol. The molecule has 0 atom stereocenters. The van der Waals surface area contributed by atoms with Gasteiger partial charge in [-0.1, -0.05) is 11.2 Å². The molecule has 0 aliphatic carbocycles. The van der Waals surface area contributed by atoms with Crippen molar-refractivity contribution in [2.45, 2.75) is 0 Å². The van der Waals surface area contributed by atoms with Gasteiger partial charge in [0.1, 0.15) is 0 Å². The quantitative estimate of drug-likeness (QED) is 0.739. The summed E-state index contributed by atoms with van der Waals surface area (Å²) in [6.45, 7) is 0.237. The van der Waals surface area contributed by atoms with E-state index >= 15 is 0 Å². The van der Waals surface area contributed by atoms with Crippen LogP contribution in [0.3, 0.4) is 0 Å². The fraction of sp³-hybridized carbons (Fsp3) is 0.0714. The van der Waals surface area contributed by atoms with Gasteiger partial charge < -0.3 is 19.7 Å². The first-order chi connectivity index (χ1) is 10.2. The number of thiophene rings is 1. The summed E-state index contributed by atoms with van der Waals surface area (Å²) in [5.74, 6) is 2.43. The Balaban J connectivity index is 1.89. The molecule has 21 heavy (non-hydrogen) atoms. The topological polar surface area (TPSA) is 70.5 Å². The van der Waals surface area contributed by atoms with Crippen LogP contribution in [-0.4, -0.2) is 11.9 Å². The van der Waals surface area contributed by atoms with Crippen molar-refractivity contribution in [1.82, 2.24) is 5.16 Å². The highest BCUT2D eigenvalue weighted by Gasteiger charge is 2.23. The van der Waals surface area contributed by atoms with Crippen molar-refractivity contribution in [3.05, 3.63) is 34.1 Å². The fourth-order valence-electron chi connectivity index (χ4n) is 2.24. The minimum Gasteiger partial charge on any atom is -0.454 e. The maximum Gasteiger partial charge on any atom is 0.231 e. The monoisotopic (exact) mass is 364 g/mol. The van der Waals surface area contributed by atoms with Crippen molar-refractivity contribution in [2.75, 3.05) is 12.5 Å². The van der Waals surface area contributed by atoms with Crippen molar-refractivity contribution in [3.63, 3.8) is 0 Å². The summed E-state index contributed by atoms with van der Waals surface area (Å²) in [5, 5.41) is 5.87. The predicted molar refractivity (Wildman–Crippen MR) is 83.5 cm³/mol. The molecule has 0 unspecified atom stereocenters. The van der Waals surface area contributed by atoms with Gasteiger partial charge in [0.15, 0.2) is 23.1 Å². The molecule has 0 bridgehead atoms. The van der Waals surface area contributed by atoms with Crippen molar-refractivity contribution >= 4 is 33.1 Å². The number of rotatable bonds is 2. The molecule has 3 aromatic rings. The average molecular weight is 365 g/mol. The number of anilines is 1. The third-order valence-corrected chi connectivity index (χ3v) is 5.04. The molecule has 5 nitrogen and oxygen atoms in total. The lowest BCUT2D eigenvalue weighted by Gasteiger charge is -2.03. The van der Waals surface area contributed by atoms with Gasteiger partial charge in [-0.05, 0) is 45.1 Å². The Morgan fingerprint density at radius 2 is 2.05 bits per heavy atom. The maximum absolute atomic E-state index is 5.99. The summed E-state index contributed by atoms with van der Waals surface area (Å²) >= 11 is 5.06. The molecule has 2 aromatic heterocycles. The molecule has 2 N–H and O–H groups in total. The molecule has 0 saturated carbocycles. The number of nitrogens with two attached hydrogens (primary N) is 1. The minimum atomic E-state index is 0.237. The van der Waals surface area contributed by atoms with Crippen LogP contribution in [0.2, 0.25) is 0 Å². The van der Waals surface area contributed by atoms with Crippen LogP contribution < -0.4 is 15.2 Å². The number of benzene rings is 1. The first-order valence-electron chi connectivity index (χ1n) is 6.12. The molecule has 0 radical (unpaired) electrons. The number of hydrogen-bond donors (Lipinski definition) is 1. The van der Waals surface area contributed by atoms with E-state index in [0.717, 1.165) is 26.2 Å². The van der Waals surface area contributed by atoms with E-state index in [1.54, 1.807) is 11.3 Å². The second-order valence-electron chi connectivity index (χ2n) is 4.44. The zero-order chi connectivity index (χ0) is 14.4. The Labute approximate surface area is 132 Å². The summed E-state index contributed by atoms with van der Waals surface area (Å²) < 4.78 is 17.1. The molecule has 3 heterocycles. The van der Waals surface area contributed by atoms with Gasteiger partial charge in [0.2, 0.25) is 6.79 Å². The second kappa shape index (κ2) is 4.78. The number of fused-ring (bicyclic) bond motifs is 1. The van der Waals surface area contributed by atoms with Crippen LogP contribution in [0.25, 0.3) is 21.8 Å². The Kier molecular flexibility index (Phi) is 2.90. The van der Waals surface area contributed by atoms with Crippen molar-refractivity contribution in [1.29, 1.82) is 0 Å². The second-order valence-corrected chi connectivity index (χ2v) is 6.21. The van der Waals surface area contributed by atoms with E-state index in [0.29, 0.717) is 17.3 Å². The third-order valence-electron chi connectivity index (χ3n) is 3.20. The van der Waals surface area contributed by atoms with Crippen molar-refractivity contribution in [3.8, 4) is 33.3 Å². The van der Waals surface area contributed by atoms with Gasteiger partial charge in [0.05, 0.1) is 10.4 Å². The summed E-state index contributed by atoms with van der Waals surface area (Å²) in [5.41, 5.74) is 7.63. The van der Waals surface area contributed by atoms with E-state index in [1.807, 2.05) is 29.6 Å². The normalized spacial score (nSPS) is 12.8. The molecule has 1 aliphatic rings. The SMILES string of the molecule is Nc1noc(-c2sccc2Br)c1-c1ccc2c(c1)OCO2. The van der Waals surface area contributed by atoms with E-state index in [-0.39, 0.29) is 6.79 Å². The Bertz CT molecular complexity index is 827. The highest BCUT2D eigenvalue weighted by molar-refractivity contribution is 9.10. The van der Waals surface area contributed by atoms with Crippen LogP contribution in [0.1, 0.15) is 0 Å². The zero-order valence-corrected chi connectivity index (χ0v) is 13.0. The molecule has 0 saturated heterocycles. The van der Waals surface area contributed by atoms with Crippen LogP contribution in [0.5, 0.6) is 11.5 Å². The van der Waals surface area contributed by atoms with Gasteiger partial charge in [-0.3, -0.25) is 0 Å². The summed E-state index contributed by atoms with van der Waals surface area (Å²) in [6.07, 6.45) is 0. The molecule has 0 spiro atoms. The summed E-state index contributed by atoms with van der Waals surface area (Å²) in [7, 11) is 0. The predicted octanol–water partition coefficient (Wildman–Crippen LogP) is 4.14. The fourth-order valence-corrected chi connectivity index (χ4v) is 3.78. The number of ether oxygens (including phenoxy) is 2. The third kappa shape index (κ3) is 2.00. The lowest BCUT2D eigenvalue weighted by molar-refractivity contribution is 0.174. The summed E-state index contributed by atoms with van der Waals surface area (Å²) in [6, 6.07) is 7.62. The first-order valence-corrected chi connectivity index (χ1v) is 7.80. The zero-order valence-electron chi connectivity index (χ0n) is 10.6. The van der Waals surface area contributed by atoms with Crippen LogP contribution in [0, 0.1) is 0 Å². The highest BCUT2D eigenvalue weighted by Crippen LogP contribution is 2.44. The number of nitrogen functional groups attached to an aromatic ring is 1. The average Bonchev–Trinajstić information content (AvgIpc) is 3.17. The molecular formula is C14H9BrN2O3S. The van der Waals surface area contributed by atoms with E-state index in [9.17, 15) is 0 Å². The van der Waals surface area contributed by atoms with Crippen LogP contribution >= 0.6 is 27.3 Å². The van der Waals surface area contributed by atoms with E-state index in [2.05, 4.69) is 21.1 Å². The minimum absolute atomic E-state index is 0.237. The van der Waals surface area contributed by atoms with Gasteiger partial charge in [-0.2, -0.15) is 0 Å². The Morgan fingerprint density at radius 1 is 1.19 bits per heavy atom. The number of hydrogen-bond acceptors (Lipinski definition) is 6. The van der Waals surface area contributed by atoms with Crippen LogP contribution in [-0.2, 0) is 0 Å². The van der Waals surface area contributed by atoms with E-state index in [1.165, 1.54) is 0 Å². The van der Waals surface area contributed by atoms with Crippen molar-refractivity contribution in [2.24, 2.45) is 0 Å². The molecule has 7 heteroatoms. The molecule has 0 amide bonds. The number of nitrogens with zero attached hydrogens (tertiary/aromatic N) is 1. The highest BCUT2D eigenvalue weighted by atomic mass is 79.9. The largest absolute Gasteiger partial charge is 0.454 e. The van der Waals surface area contributed by atoms with Gasteiger partial charge in [0.25, 0.3) is 0 Å². The van der Waals surface area contributed by atoms with Crippen molar-refractivity contribution < 1.29 is 14.0 Å². The van der Waals surface area contributed by atoms with Crippen LogP contribution in [0.15, 0.2) is 38.6 Å². The Hall–Kier alpha value is -1.99. The lowest BCUT2D eigenvalue weighted by Crippen LogP contribution is -1.92. The molecule has 4 rings (SSSR count). The maximum atomic E-state index is 5.99. The molecule has 1 aliphatic heterocycles. The lowest BCUT2D eigenvalue weighted by atomic mass is 10.0. The smallest absolute Gasteiger partial charge is 0.231 e. The van der Waals surface area contributed by atoms with Gasteiger partial charge in [-0.15, -0.1) is 11.3 Å².